The molecule has 2 aromatic carbocycles. The highest BCUT2D eigenvalue weighted by Gasteiger charge is 2.46. The Labute approximate surface area is 507 Å². The third-order valence-corrected chi connectivity index (χ3v) is 16.4. The number of hydrogen-bond donors (Lipinski definition) is 3. The Balaban J connectivity index is 0.843. The highest BCUT2D eigenvalue weighted by atomic mass is 35.5. The normalized spacial score (nSPS) is 16.3. The topological polar surface area (TPSA) is 294 Å². The minimum absolute atomic E-state index is 0.00490. The van der Waals surface area contributed by atoms with E-state index in [2.05, 4.69) is 55.0 Å². The molecule has 0 saturated carbocycles. The molecule has 1 saturated heterocycles. The van der Waals surface area contributed by atoms with Gasteiger partial charge in [-0.1, -0.05) is 73.9 Å². The van der Waals surface area contributed by atoms with E-state index in [9.17, 15) is 24.0 Å². The van der Waals surface area contributed by atoms with Crippen molar-refractivity contribution in [3.63, 3.8) is 0 Å². The molecule has 458 valence electrons. The van der Waals surface area contributed by atoms with Gasteiger partial charge in [0, 0.05) is 45.4 Å². The number of benzene rings is 2. The van der Waals surface area contributed by atoms with Crippen LogP contribution in [0.15, 0.2) is 64.1 Å². The van der Waals surface area contributed by atoms with Gasteiger partial charge in [0.05, 0.1) is 107 Å². The first-order valence-corrected chi connectivity index (χ1v) is 30.1. The predicted molar refractivity (Wildman–Crippen MR) is 320 cm³/mol. The number of carbonyl (C=O) groups is 5. The molecule has 3 aromatic heterocycles. The number of thiophene rings is 1. The molecule has 1 fully saturated rings. The molecule has 0 bridgehead atoms. The molecule has 0 spiro atoms. The van der Waals surface area contributed by atoms with Crippen LogP contribution in [0.4, 0.5) is 0 Å². The molecule has 5 heterocycles. The highest BCUT2D eigenvalue weighted by molar-refractivity contribution is 7.15. The molecule has 2 aliphatic rings. The van der Waals surface area contributed by atoms with Crippen molar-refractivity contribution in [3.8, 4) is 15.4 Å². The second kappa shape index (κ2) is 32.1. The molecular formula is C58H75ClN12O12S2. The van der Waals surface area contributed by atoms with Crippen molar-refractivity contribution in [1.29, 1.82) is 0 Å². The van der Waals surface area contributed by atoms with Gasteiger partial charge in [-0.15, -0.1) is 32.9 Å². The lowest BCUT2D eigenvalue weighted by Crippen LogP contribution is -2.58. The third-order valence-electron chi connectivity index (χ3n) is 14.0. The number of thiazole rings is 1. The van der Waals surface area contributed by atoms with Gasteiger partial charge in [0.1, 0.15) is 48.3 Å². The van der Waals surface area contributed by atoms with Crippen molar-refractivity contribution in [2.45, 2.75) is 98.5 Å². The van der Waals surface area contributed by atoms with Gasteiger partial charge >= 0.3 is 5.97 Å². The fourth-order valence-electron chi connectivity index (χ4n) is 9.50. The van der Waals surface area contributed by atoms with Crippen LogP contribution in [0, 0.1) is 33.1 Å². The van der Waals surface area contributed by atoms with Crippen molar-refractivity contribution in [2.24, 2.45) is 15.5 Å². The van der Waals surface area contributed by atoms with E-state index in [0.717, 1.165) is 54.0 Å². The molecule has 0 aliphatic carbocycles. The second-order valence-electron chi connectivity index (χ2n) is 21.3. The largest absolute Gasteiger partial charge is 0.459 e. The number of halogens is 1. The van der Waals surface area contributed by atoms with E-state index in [0.29, 0.717) is 23.3 Å². The molecule has 5 atom stereocenters. The van der Waals surface area contributed by atoms with Crippen molar-refractivity contribution < 1.29 is 57.1 Å². The Bertz CT molecular complexity index is 3140. The van der Waals surface area contributed by atoms with Gasteiger partial charge in [0.25, 0.3) is 0 Å². The molecule has 24 nitrogen and oxygen atoms in total. The number of ether oxygens (including phenoxy) is 7. The van der Waals surface area contributed by atoms with Crippen LogP contribution >= 0.6 is 34.3 Å². The van der Waals surface area contributed by atoms with E-state index in [1.807, 2.05) is 73.9 Å². The lowest BCUT2D eigenvalue weighted by Gasteiger charge is -2.35. The monoisotopic (exact) mass is 1230 g/mol. The first-order chi connectivity index (χ1) is 40.8. The molecule has 85 heavy (non-hydrogen) atoms. The summed E-state index contributed by atoms with van der Waals surface area (Å²) in [7, 11) is 0. The van der Waals surface area contributed by atoms with E-state index in [4.69, 9.17) is 55.3 Å². The number of amides is 4. The Morgan fingerprint density at radius 2 is 1.45 bits per heavy atom. The maximum atomic E-state index is 14.6. The second-order valence-corrected chi connectivity index (χ2v) is 23.8. The van der Waals surface area contributed by atoms with Gasteiger partial charge in [-0.2, -0.15) is 0 Å². The summed E-state index contributed by atoms with van der Waals surface area (Å²) in [6.45, 7) is 16.9. The number of nitrogens with zero attached hydrogens (tertiary/aromatic N) is 9. The number of nitrogens with one attached hydrogen (secondary N) is 3. The summed E-state index contributed by atoms with van der Waals surface area (Å²) in [5, 5.41) is 22.6. The molecule has 5 unspecified atom stereocenters. The smallest absolute Gasteiger partial charge is 0.332 e. The molecule has 2 aliphatic heterocycles. The number of esters is 1. The predicted octanol–water partition coefficient (Wildman–Crippen LogP) is 7.07. The summed E-state index contributed by atoms with van der Waals surface area (Å²) >= 11 is 9.44. The maximum absolute atomic E-state index is 14.6. The zero-order valence-electron chi connectivity index (χ0n) is 49.2. The van der Waals surface area contributed by atoms with Gasteiger partial charge in [-0.3, -0.25) is 28.7 Å². The van der Waals surface area contributed by atoms with Crippen molar-refractivity contribution in [3.05, 3.63) is 114 Å². The number of azide groups is 1. The first-order valence-electron chi connectivity index (χ1n) is 28.0. The molecular weight excluding hydrogens is 1160 g/mol. The van der Waals surface area contributed by atoms with Crippen LogP contribution in [0.5, 0.6) is 0 Å². The standard InChI is InChI=1S/C58H75ClN12O12S2/c1-35-38(4)85-57-50(35)51(41-13-15-43(59)16-14-41)65-45(54-68-67-39(5)71(54)57)30-47(72)61-17-19-77-21-23-79-25-27-81-32-48(73)66-53(58(6,7)8)56(76)70-31-44(83-49(74)33-82-28-26-80-24-22-78-20-18-63-69-60)29-46(70)55(75)64-36(2)40-9-11-42(12-10-40)52-37(3)62-34-84-52/h9-16,34,36,44-46,53H,17-33H2,1-8H3,(H,61,72)(H,64,75)(H,66,73). The average molecular weight is 1230 g/mol. The van der Waals surface area contributed by atoms with Gasteiger partial charge in [-0.05, 0) is 74.4 Å². The Hall–Kier alpha value is -6.71. The summed E-state index contributed by atoms with van der Waals surface area (Å²) in [5.74, 6) is -1.17. The minimum atomic E-state index is -1.10. The first kappa shape index (κ1) is 65.8. The number of aliphatic imine (C=N–C) groups is 1. The number of carbonyl (C=O) groups excluding carboxylic acids is 5. The summed E-state index contributed by atoms with van der Waals surface area (Å²) in [4.78, 5) is 84.4. The molecule has 4 amide bonds. The van der Waals surface area contributed by atoms with Crippen molar-refractivity contribution in [1.82, 2.24) is 40.6 Å². The Morgan fingerprint density at radius 1 is 0.812 bits per heavy atom. The van der Waals surface area contributed by atoms with E-state index in [-0.39, 0.29) is 111 Å². The van der Waals surface area contributed by atoms with Crippen LogP contribution in [0.2, 0.25) is 5.02 Å². The Kier molecular flexibility index (Phi) is 24.9. The fourth-order valence-corrected chi connectivity index (χ4v) is 11.7. The molecule has 5 aromatic rings. The quantitative estimate of drug-likeness (QED) is 0.0128. The van der Waals surface area contributed by atoms with Crippen molar-refractivity contribution >= 4 is 69.6 Å². The zero-order valence-corrected chi connectivity index (χ0v) is 51.6. The van der Waals surface area contributed by atoms with Crippen LogP contribution in [-0.4, -0.2) is 177 Å². The zero-order chi connectivity index (χ0) is 61.0. The number of fused-ring (bicyclic) bond motifs is 3. The van der Waals surface area contributed by atoms with Crippen LogP contribution in [0.1, 0.15) is 97.1 Å². The van der Waals surface area contributed by atoms with E-state index in [1.54, 1.807) is 49.0 Å². The lowest BCUT2D eigenvalue weighted by atomic mass is 9.85. The minimum Gasteiger partial charge on any atom is -0.459 e. The molecule has 27 heteroatoms. The van der Waals surface area contributed by atoms with Gasteiger partial charge < -0.3 is 54.0 Å². The van der Waals surface area contributed by atoms with Crippen molar-refractivity contribution in [2.75, 3.05) is 98.9 Å². The van der Waals surface area contributed by atoms with E-state index >= 15 is 0 Å². The van der Waals surface area contributed by atoms with E-state index in [1.165, 1.54) is 4.90 Å². The SMILES string of the molecule is Cc1ncsc1-c1ccc(C(C)NC(=O)C2CC(OC(=O)COCCOCCOCCN=[N+]=[N-])CN2C(=O)C(NC(=O)COCCOCCOCCNC(=O)CC2N=C(c3ccc(Cl)cc3)c3c(sc(C)c3C)-n3c(C)nnc32)C(C)(C)C)cc1. The van der Waals surface area contributed by atoms with Crippen LogP contribution in [0.25, 0.3) is 25.9 Å². The average Bonchev–Trinajstić information content (AvgIpc) is 1.96. The number of aryl methyl sites for hydroxylation is 3. The number of rotatable bonds is 32. The summed E-state index contributed by atoms with van der Waals surface area (Å²) in [6.07, 6.45) is -0.811. The number of aromatic nitrogens is 4. The Morgan fingerprint density at radius 3 is 2.09 bits per heavy atom. The highest BCUT2D eigenvalue weighted by Crippen LogP contribution is 2.40. The summed E-state index contributed by atoms with van der Waals surface area (Å²) < 4.78 is 41.0. The molecule has 7 rings (SSSR count). The number of hydrogen-bond acceptors (Lipinski definition) is 19. The van der Waals surface area contributed by atoms with Gasteiger partial charge in [0.15, 0.2) is 5.82 Å². The van der Waals surface area contributed by atoms with Gasteiger partial charge in [-0.25, -0.2) is 9.78 Å². The van der Waals surface area contributed by atoms with Gasteiger partial charge in [0.2, 0.25) is 23.6 Å². The fraction of sp³-hybridized carbons (Fsp3) is 0.534. The maximum Gasteiger partial charge on any atom is 0.332 e. The summed E-state index contributed by atoms with van der Waals surface area (Å²) in [5.41, 5.74) is 15.8. The van der Waals surface area contributed by atoms with Crippen LogP contribution in [0.3, 0.4) is 0 Å². The summed E-state index contributed by atoms with van der Waals surface area (Å²) in [6, 6.07) is 12.1. The lowest BCUT2D eigenvalue weighted by molar-refractivity contribution is -0.155. The van der Waals surface area contributed by atoms with E-state index < -0.39 is 59.4 Å². The van der Waals surface area contributed by atoms with Crippen LogP contribution in [-0.2, 0) is 57.1 Å². The number of likely N-dealkylation sites (tertiary alicyclic amines) is 1. The molecule has 0 radical (unpaired) electrons. The molecule has 3 N–H and O–H groups in total. The third kappa shape index (κ3) is 18.6. The van der Waals surface area contributed by atoms with Crippen LogP contribution < -0.4 is 16.0 Å².